The zero-order valence-electron chi connectivity index (χ0n) is 8.00. The van der Waals surface area contributed by atoms with E-state index in [1.165, 1.54) is 0 Å². The highest BCUT2D eigenvalue weighted by molar-refractivity contribution is 5.93. The van der Waals surface area contributed by atoms with E-state index in [-0.39, 0.29) is 5.91 Å². The minimum atomic E-state index is -0.0435. The summed E-state index contributed by atoms with van der Waals surface area (Å²) in [5, 5.41) is 2.80. The molecular weight excluding hydrogens is 164 g/mol. The van der Waals surface area contributed by atoms with Crippen LogP contribution >= 0.6 is 0 Å². The van der Waals surface area contributed by atoms with Gasteiger partial charge in [-0.1, -0.05) is 6.92 Å². The van der Waals surface area contributed by atoms with E-state index >= 15 is 0 Å². The summed E-state index contributed by atoms with van der Waals surface area (Å²) in [6, 6.07) is 1.83. The van der Waals surface area contributed by atoms with Gasteiger partial charge in [-0.15, -0.1) is 0 Å². The molecule has 0 aromatic carbocycles. The van der Waals surface area contributed by atoms with Crippen molar-refractivity contribution in [3.8, 4) is 0 Å². The fraction of sp³-hybridized carbons (Fsp3) is 0.400. The minimum absolute atomic E-state index is 0.0435. The normalized spacial score (nSPS) is 9.69. The molecule has 70 valence electrons. The van der Waals surface area contributed by atoms with Crippen LogP contribution in [0.15, 0.2) is 18.5 Å². The second-order valence-corrected chi connectivity index (χ2v) is 3.01. The van der Waals surface area contributed by atoms with Crippen molar-refractivity contribution < 1.29 is 4.79 Å². The molecule has 1 amide bonds. The van der Waals surface area contributed by atoms with Gasteiger partial charge in [0.1, 0.15) is 0 Å². The predicted molar refractivity (Wildman–Crippen MR) is 51.6 cm³/mol. The molecular formula is C10H14N2O. The maximum absolute atomic E-state index is 11.4. The number of hydrogen-bond acceptors (Lipinski definition) is 2. The first-order valence-corrected chi connectivity index (χ1v) is 4.44. The first-order chi connectivity index (χ1) is 6.24. The van der Waals surface area contributed by atoms with E-state index in [2.05, 4.69) is 10.3 Å². The number of rotatable bonds is 3. The standard InChI is InChI=1S/C10H14N2O/c1-3-4-12-10(13)9-5-8(2)6-11-7-9/h5-7H,3-4H2,1-2H3,(H,12,13). The molecule has 3 nitrogen and oxygen atoms in total. The van der Waals surface area contributed by atoms with Gasteiger partial charge in [-0.2, -0.15) is 0 Å². The molecule has 3 heteroatoms. The maximum Gasteiger partial charge on any atom is 0.252 e. The zero-order chi connectivity index (χ0) is 9.68. The molecule has 13 heavy (non-hydrogen) atoms. The lowest BCUT2D eigenvalue weighted by Gasteiger charge is -2.02. The highest BCUT2D eigenvalue weighted by Gasteiger charge is 2.03. The second kappa shape index (κ2) is 4.60. The Morgan fingerprint density at radius 3 is 2.92 bits per heavy atom. The summed E-state index contributed by atoms with van der Waals surface area (Å²) >= 11 is 0. The van der Waals surface area contributed by atoms with Gasteiger partial charge in [0.15, 0.2) is 0 Å². The van der Waals surface area contributed by atoms with Gasteiger partial charge in [-0.3, -0.25) is 9.78 Å². The third kappa shape index (κ3) is 2.86. The fourth-order valence-corrected chi connectivity index (χ4v) is 1.02. The molecule has 0 saturated heterocycles. The van der Waals surface area contributed by atoms with Crippen LogP contribution in [0.3, 0.4) is 0 Å². The first kappa shape index (κ1) is 9.71. The van der Waals surface area contributed by atoms with Crippen molar-refractivity contribution in [2.75, 3.05) is 6.54 Å². The van der Waals surface area contributed by atoms with Crippen LogP contribution in [-0.4, -0.2) is 17.4 Å². The average Bonchev–Trinajstić information content (AvgIpc) is 2.14. The Kier molecular flexibility index (Phi) is 3.43. The summed E-state index contributed by atoms with van der Waals surface area (Å²) in [6.45, 7) is 4.66. The molecule has 0 unspecified atom stereocenters. The van der Waals surface area contributed by atoms with Crippen LogP contribution < -0.4 is 5.32 Å². The number of carbonyl (C=O) groups is 1. The van der Waals surface area contributed by atoms with Gasteiger partial charge < -0.3 is 5.32 Å². The number of hydrogen-bond donors (Lipinski definition) is 1. The van der Waals surface area contributed by atoms with Crippen LogP contribution in [0.25, 0.3) is 0 Å². The SMILES string of the molecule is CCCNC(=O)c1cncc(C)c1. The van der Waals surface area contributed by atoms with Crippen molar-refractivity contribution in [1.82, 2.24) is 10.3 Å². The highest BCUT2D eigenvalue weighted by atomic mass is 16.1. The monoisotopic (exact) mass is 178 g/mol. The average molecular weight is 178 g/mol. The Morgan fingerprint density at radius 2 is 2.31 bits per heavy atom. The summed E-state index contributed by atoms with van der Waals surface area (Å²) in [7, 11) is 0. The molecule has 0 aliphatic rings. The lowest BCUT2D eigenvalue weighted by molar-refractivity contribution is 0.0953. The van der Waals surface area contributed by atoms with Crippen molar-refractivity contribution >= 4 is 5.91 Å². The molecule has 1 heterocycles. The second-order valence-electron chi connectivity index (χ2n) is 3.01. The molecule has 0 aliphatic carbocycles. The van der Waals surface area contributed by atoms with E-state index in [1.54, 1.807) is 12.4 Å². The number of nitrogens with one attached hydrogen (secondary N) is 1. The van der Waals surface area contributed by atoms with Crippen molar-refractivity contribution in [3.05, 3.63) is 29.6 Å². The van der Waals surface area contributed by atoms with E-state index in [4.69, 9.17) is 0 Å². The van der Waals surface area contributed by atoms with Crippen LogP contribution in [0.1, 0.15) is 29.3 Å². The predicted octanol–water partition coefficient (Wildman–Crippen LogP) is 1.53. The van der Waals surface area contributed by atoms with Crippen LogP contribution in [0.5, 0.6) is 0 Å². The van der Waals surface area contributed by atoms with Crippen LogP contribution in [0.4, 0.5) is 0 Å². The molecule has 1 N–H and O–H groups in total. The van der Waals surface area contributed by atoms with E-state index < -0.39 is 0 Å². The molecule has 0 bridgehead atoms. The van der Waals surface area contributed by atoms with Gasteiger partial charge in [0, 0.05) is 18.9 Å². The number of carbonyl (C=O) groups excluding carboxylic acids is 1. The van der Waals surface area contributed by atoms with Gasteiger partial charge in [0.05, 0.1) is 5.56 Å². The number of pyridine rings is 1. The van der Waals surface area contributed by atoms with Crippen molar-refractivity contribution in [3.63, 3.8) is 0 Å². The molecule has 1 aromatic heterocycles. The summed E-state index contributed by atoms with van der Waals surface area (Å²) < 4.78 is 0. The van der Waals surface area contributed by atoms with Gasteiger partial charge in [-0.25, -0.2) is 0 Å². The van der Waals surface area contributed by atoms with Gasteiger partial charge in [-0.05, 0) is 25.0 Å². The third-order valence-corrected chi connectivity index (χ3v) is 1.67. The summed E-state index contributed by atoms with van der Waals surface area (Å²) in [5.74, 6) is -0.0435. The Hall–Kier alpha value is -1.38. The third-order valence-electron chi connectivity index (χ3n) is 1.67. The number of aromatic nitrogens is 1. The Balaban J connectivity index is 2.66. The van der Waals surface area contributed by atoms with E-state index in [0.29, 0.717) is 12.1 Å². The minimum Gasteiger partial charge on any atom is -0.352 e. The summed E-state index contributed by atoms with van der Waals surface area (Å²) in [5.41, 5.74) is 1.64. The Morgan fingerprint density at radius 1 is 1.54 bits per heavy atom. The zero-order valence-corrected chi connectivity index (χ0v) is 8.00. The lowest BCUT2D eigenvalue weighted by Crippen LogP contribution is -2.24. The van der Waals surface area contributed by atoms with E-state index in [1.807, 2.05) is 19.9 Å². The first-order valence-electron chi connectivity index (χ1n) is 4.44. The van der Waals surface area contributed by atoms with Crippen LogP contribution in [-0.2, 0) is 0 Å². The topological polar surface area (TPSA) is 42.0 Å². The lowest BCUT2D eigenvalue weighted by atomic mass is 10.2. The number of nitrogens with zero attached hydrogens (tertiary/aromatic N) is 1. The fourth-order valence-electron chi connectivity index (χ4n) is 1.02. The maximum atomic E-state index is 11.4. The summed E-state index contributed by atoms with van der Waals surface area (Å²) in [6.07, 6.45) is 4.26. The molecule has 0 saturated carbocycles. The van der Waals surface area contributed by atoms with Gasteiger partial charge in [0.2, 0.25) is 0 Å². The molecule has 1 aromatic rings. The van der Waals surface area contributed by atoms with E-state index in [9.17, 15) is 4.79 Å². The molecule has 0 spiro atoms. The van der Waals surface area contributed by atoms with Crippen molar-refractivity contribution in [2.45, 2.75) is 20.3 Å². The quantitative estimate of drug-likeness (QED) is 0.762. The van der Waals surface area contributed by atoms with Crippen LogP contribution in [0, 0.1) is 6.92 Å². The Bertz CT molecular complexity index is 297. The molecule has 0 aliphatic heterocycles. The number of aryl methyl sites for hydroxylation is 1. The number of amides is 1. The largest absolute Gasteiger partial charge is 0.352 e. The van der Waals surface area contributed by atoms with Crippen molar-refractivity contribution in [2.24, 2.45) is 0 Å². The molecule has 0 atom stereocenters. The van der Waals surface area contributed by atoms with Gasteiger partial charge >= 0.3 is 0 Å². The van der Waals surface area contributed by atoms with Crippen molar-refractivity contribution in [1.29, 1.82) is 0 Å². The molecule has 0 radical (unpaired) electrons. The molecule has 0 fully saturated rings. The smallest absolute Gasteiger partial charge is 0.252 e. The van der Waals surface area contributed by atoms with Gasteiger partial charge in [0.25, 0.3) is 5.91 Å². The van der Waals surface area contributed by atoms with Crippen LogP contribution in [0.2, 0.25) is 0 Å². The Labute approximate surface area is 78.2 Å². The van der Waals surface area contributed by atoms with E-state index in [0.717, 1.165) is 12.0 Å². The molecule has 1 rings (SSSR count). The highest BCUT2D eigenvalue weighted by Crippen LogP contribution is 2.00. The summed E-state index contributed by atoms with van der Waals surface area (Å²) in [4.78, 5) is 15.4.